The number of carbonyl (C=O) groups excluding carboxylic acids is 1. The first-order valence-corrected chi connectivity index (χ1v) is 11.1. The highest BCUT2D eigenvalue weighted by atomic mass is 35.5. The fourth-order valence-electron chi connectivity index (χ4n) is 4.34. The van der Waals surface area contributed by atoms with Crippen molar-refractivity contribution in [1.82, 2.24) is 4.90 Å². The number of carbonyl (C=O) groups is 1. The standard InChI is InChI=1S/C28H31NO2.ClH/c1-29(2)15-14-21-6-11-27-18-28(13-12-26(27)16-21)31-20-22-7-9-24(10-8-22)25-5-3-4-23(17-25)19-30;/h3-5,7-10,12-13,17-19,21H,6,11,14-16,20H2,1-2H3;1H. The van der Waals surface area contributed by atoms with E-state index in [0.717, 1.165) is 41.1 Å². The Morgan fingerprint density at radius 3 is 2.53 bits per heavy atom. The third-order valence-corrected chi connectivity index (χ3v) is 6.21. The molecule has 0 fully saturated rings. The van der Waals surface area contributed by atoms with Gasteiger partial charge in [0.2, 0.25) is 0 Å². The van der Waals surface area contributed by atoms with Crippen molar-refractivity contribution in [3.63, 3.8) is 0 Å². The van der Waals surface area contributed by atoms with Gasteiger partial charge in [-0.25, -0.2) is 0 Å². The summed E-state index contributed by atoms with van der Waals surface area (Å²) < 4.78 is 6.09. The van der Waals surface area contributed by atoms with Crippen LogP contribution in [-0.2, 0) is 19.4 Å². The monoisotopic (exact) mass is 449 g/mol. The first-order chi connectivity index (χ1) is 15.1. The first-order valence-electron chi connectivity index (χ1n) is 11.1. The molecule has 0 saturated carbocycles. The Balaban J connectivity index is 0.00000289. The van der Waals surface area contributed by atoms with Gasteiger partial charge >= 0.3 is 0 Å². The average Bonchev–Trinajstić information content (AvgIpc) is 2.81. The molecule has 0 aliphatic heterocycles. The van der Waals surface area contributed by atoms with Gasteiger partial charge in [0, 0.05) is 5.56 Å². The number of benzene rings is 3. The molecule has 3 aromatic carbocycles. The van der Waals surface area contributed by atoms with Crippen molar-refractivity contribution in [2.24, 2.45) is 5.92 Å². The van der Waals surface area contributed by atoms with E-state index in [4.69, 9.17) is 4.74 Å². The molecular formula is C28H32ClNO2. The molecule has 0 amide bonds. The summed E-state index contributed by atoms with van der Waals surface area (Å²) in [7, 11) is 4.30. The number of hydrogen-bond donors (Lipinski definition) is 0. The van der Waals surface area contributed by atoms with Crippen LogP contribution in [0.5, 0.6) is 5.75 Å². The zero-order valence-electron chi connectivity index (χ0n) is 18.9. The highest BCUT2D eigenvalue weighted by Gasteiger charge is 2.19. The van der Waals surface area contributed by atoms with Gasteiger partial charge in [-0.15, -0.1) is 12.4 Å². The van der Waals surface area contributed by atoms with E-state index >= 15 is 0 Å². The zero-order valence-corrected chi connectivity index (χ0v) is 19.7. The zero-order chi connectivity index (χ0) is 21.6. The molecule has 0 heterocycles. The maximum Gasteiger partial charge on any atom is 0.150 e. The Morgan fingerprint density at radius 2 is 1.78 bits per heavy atom. The molecule has 0 aromatic heterocycles. The lowest BCUT2D eigenvalue weighted by Gasteiger charge is -2.26. The number of fused-ring (bicyclic) bond motifs is 1. The van der Waals surface area contributed by atoms with Crippen LogP contribution in [0.1, 0.15) is 39.9 Å². The molecule has 0 radical (unpaired) electrons. The van der Waals surface area contributed by atoms with E-state index in [9.17, 15) is 4.79 Å². The Labute approximate surface area is 197 Å². The minimum Gasteiger partial charge on any atom is -0.489 e. The molecule has 32 heavy (non-hydrogen) atoms. The summed E-state index contributed by atoms with van der Waals surface area (Å²) in [5, 5.41) is 0. The lowest BCUT2D eigenvalue weighted by molar-refractivity contribution is 0.112. The van der Waals surface area contributed by atoms with E-state index < -0.39 is 0 Å². The number of nitrogens with zero attached hydrogens (tertiary/aromatic N) is 1. The molecular weight excluding hydrogens is 418 g/mol. The van der Waals surface area contributed by atoms with E-state index in [-0.39, 0.29) is 12.4 Å². The van der Waals surface area contributed by atoms with Gasteiger partial charge in [-0.05, 0) is 98.3 Å². The van der Waals surface area contributed by atoms with Crippen LogP contribution in [0, 0.1) is 5.92 Å². The van der Waals surface area contributed by atoms with Crippen molar-refractivity contribution in [2.75, 3.05) is 20.6 Å². The summed E-state index contributed by atoms with van der Waals surface area (Å²) >= 11 is 0. The number of hydrogen-bond acceptors (Lipinski definition) is 3. The second-order valence-electron chi connectivity index (χ2n) is 8.86. The van der Waals surface area contributed by atoms with Gasteiger partial charge in [-0.1, -0.05) is 48.5 Å². The van der Waals surface area contributed by atoms with Crippen LogP contribution >= 0.6 is 12.4 Å². The molecule has 4 heteroatoms. The van der Waals surface area contributed by atoms with Crippen molar-refractivity contribution >= 4 is 18.7 Å². The molecule has 0 bridgehead atoms. The summed E-state index contributed by atoms with van der Waals surface area (Å²) in [4.78, 5) is 13.3. The quantitative estimate of drug-likeness (QED) is 0.382. The van der Waals surface area contributed by atoms with E-state index in [1.54, 1.807) is 0 Å². The van der Waals surface area contributed by atoms with E-state index in [1.165, 1.54) is 36.9 Å². The van der Waals surface area contributed by atoms with Crippen LogP contribution in [0.4, 0.5) is 0 Å². The smallest absolute Gasteiger partial charge is 0.150 e. The maximum atomic E-state index is 11.0. The van der Waals surface area contributed by atoms with Crippen molar-refractivity contribution in [1.29, 1.82) is 0 Å². The number of aryl methyl sites for hydroxylation is 1. The number of ether oxygens (including phenoxy) is 1. The molecule has 3 aromatic rings. The Hall–Kier alpha value is -2.62. The van der Waals surface area contributed by atoms with Gasteiger partial charge in [0.25, 0.3) is 0 Å². The van der Waals surface area contributed by atoms with Gasteiger partial charge in [-0.2, -0.15) is 0 Å². The van der Waals surface area contributed by atoms with E-state index in [1.807, 2.05) is 24.3 Å². The molecule has 3 nitrogen and oxygen atoms in total. The van der Waals surface area contributed by atoms with Gasteiger partial charge in [0.15, 0.2) is 0 Å². The summed E-state index contributed by atoms with van der Waals surface area (Å²) in [6.07, 6.45) is 5.78. The lowest BCUT2D eigenvalue weighted by atomic mass is 9.82. The average molecular weight is 450 g/mol. The van der Waals surface area contributed by atoms with Crippen molar-refractivity contribution in [3.8, 4) is 16.9 Å². The van der Waals surface area contributed by atoms with Crippen LogP contribution in [0.25, 0.3) is 11.1 Å². The fraction of sp³-hybridized carbons (Fsp3) is 0.321. The molecule has 0 saturated heterocycles. The van der Waals surface area contributed by atoms with Crippen LogP contribution in [0.15, 0.2) is 66.7 Å². The van der Waals surface area contributed by atoms with Crippen LogP contribution in [0.2, 0.25) is 0 Å². The second-order valence-corrected chi connectivity index (χ2v) is 8.86. The van der Waals surface area contributed by atoms with Crippen LogP contribution < -0.4 is 4.74 Å². The van der Waals surface area contributed by atoms with Crippen LogP contribution in [-0.4, -0.2) is 31.8 Å². The molecule has 1 atom stereocenters. The lowest BCUT2D eigenvalue weighted by Crippen LogP contribution is -2.21. The number of aldehydes is 1. The molecule has 0 N–H and O–H groups in total. The number of rotatable bonds is 8. The van der Waals surface area contributed by atoms with Gasteiger partial charge < -0.3 is 9.64 Å². The maximum absolute atomic E-state index is 11.0. The van der Waals surface area contributed by atoms with Crippen molar-refractivity contribution in [3.05, 3.63) is 89.0 Å². The van der Waals surface area contributed by atoms with Crippen molar-refractivity contribution in [2.45, 2.75) is 32.3 Å². The minimum absolute atomic E-state index is 0. The Bertz CT molecular complexity index is 1030. The van der Waals surface area contributed by atoms with Gasteiger partial charge in [0.1, 0.15) is 18.6 Å². The molecule has 0 spiro atoms. The molecule has 168 valence electrons. The summed E-state index contributed by atoms with van der Waals surface area (Å²) in [5.41, 5.74) is 6.92. The van der Waals surface area contributed by atoms with Gasteiger partial charge in [-0.3, -0.25) is 4.79 Å². The SMILES string of the molecule is CN(C)CCC1CCc2cc(OCc3ccc(-c4cccc(C=O)c4)cc3)ccc2C1.Cl. The highest BCUT2D eigenvalue weighted by Crippen LogP contribution is 2.30. The summed E-state index contributed by atoms with van der Waals surface area (Å²) in [6, 6.07) is 22.6. The molecule has 1 unspecified atom stereocenters. The van der Waals surface area contributed by atoms with E-state index in [0.29, 0.717) is 12.2 Å². The Morgan fingerprint density at radius 1 is 0.969 bits per heavy atom. The fourth-order valence-corrected chi connectivity index (χ4v) is 4.34. The Kier molecular flexibility index (Phi) is 8.49. The van der Waals surface area contributed by atoms with Gasteiger partial charge in [0.05, 0.1) is 0 Å². The molecule has 1 aliphatic rings. The number of halogens is 1. The first kappa shape index (κ1) is 24.0. The third kappa shape index (κ3) is 6.21. The molecule has 4 rings (SSSR count). The predicted octanol–water partition coefficient (Wildman–Crippen LogP) is 6.22. The largest absolute Gasteiger partial charge is 0.489 e. The van der Waals surface area contributed by atoms with Crippen LogP contribution in [0.3, 0.4) is 0 Å². The van der Waals surface area contributed by atoms with Crippen molar-refractivity contribution < 1.29 is 9.53 Å². The highest BCUT2D eigenvalue weighted by molar-refractivity contribution is 5.85. The molecule has 1 aliphatic carbocycles. The van der Waals surface area contributed by atoms with E-state index in [2.05, 4.69) is 61.5 Å². The second kappa shape index (κ2) is 11.3. The summed E-state index contributed by atoms with van der Waals surface area (Å²) in [6.45, 7) is 1.72. The summed E-state index contributed by atoms with van der Waals surface area (Å²) in [5.74, 6) is 1.75. The topological polar surface area (TPSA) is 29.5 Å². The normalized spacial score (nSPS) is 15.0. The minimum atomic E-state index is 0. The predicted molar refractivity (Wildman–Crippen MR) is 134 cm³/mol. The third-order valence-electron chi connectivity index (χ3n) is 6.21.